The van der Waals surface area contributed by atoms with Gasteiger partial charge in [0.05, 0.1) is 36.3 Å². The lowest BCUT2D eigenvalue weighted by atomic mass is 9.95. The molecule has 1 saturated heterocycles. The minimum Gasteiger partial charge on any atom is -0.494 e. The fraction of sp³-hybridized carbons (Fsp3) is 0.281. The summed E-state index contributed by atoms with van der Waals surface area (Å²) in [7, 11) is 1.57. The lowest BCUT2D eigenvalue weighted by Gasteiger charge is -2.29. The Morgan fingerprint density at radius 3 is 2.46 bits per heavy atom. The number of hydrogen-bond acceptors (Lipinski definition) is 4. The number of pyridine rings is 1. The molecule has 0 aliphatic carbocycles. The van der Waals surface area contributed by atoms with Gasteiger partial charge in [-0.2, -0.15) is 0 Å². The van der Waals surface area contributed by atoms with Crippen LogP contribution in [0.25, 0.3) is 5.69 Å². The quantitative estimate of drug-likeness (QED) is 0.248. The molecule has 5 rings (SSSR count). The van der Waals surface area contributed by atoms with Crippen molar-refractivity contribution in [2.75, 3.05) is 17.3 Å². The number of ether oxygens (including phenoxy) is 1. The number of nitrogens with zero attached hydrogens (tertiary/aromatic N) is 3. The monoisotopic (exact) mass is 571 g/mol. The number of aryl methyl sites for hydroxylation is 1. The fourth-order valence-corrected chi connectivity index (χ4v) is 5.63. The van der Waals surface area contributed by atoms with Crippen LogP contribution in [-0.2, 0) is 4.79 Å². The third-order valence-electron chi connectivity index (χ3n) is 7.37. The Kier molecular flexibility index (Phi) is 7.57. The van der Waals surface area contributed by atoms with E-state index in [1.54, 1.807) is 25.4 Å². The molecule has 0 spiro atoms. The summed E-state index contributed by atoms with van der Waals surface area (Å²) in [6.07, 6.45) is 1.76. The highest BCUT2D eigenvalue weighted by atomic mass is 32.1. The van der Waals surface area contributed by atoms with Gasteiger partial charge in [-0.05, 0) is 74.1 Å². The van der Waals surface area contributed by atoms with Gasteiger partial charge in [-0.1, -0.05) is 39.0 Å². The zero-order chi connectivity index (χ0) is 29.5. The van der Waals surface area contributed by atoms with Gasteiger partial charge >= 0.3 is 0 Å². The van der Waals surface area contributed by atoms with Crippen LogP contribution in [0.5, 0.6) is 5.75 Å². The molecule has 2 N–H and O–H groups in total. The first-order chi connectivity index (χ1) is 19.5. The number of halogens is 1. The molecule has 7 nitrogen and oxygen atoms in total. The van der Waals surface area contributed by atoms with E-state index >= 15 is 0 Å². The molecule has 1 amide bonds. The van der Waals surface area contributed by atoms with Crippen molar-refractivity contribution in [2.24, 2.45) is 5.41 Å². The molecule has 0 bridgehead atoms. The summed E-state index contributed by atoms with van der Waals surface area (Å²) in [5.74, 6) is 0.104. The van der Waals surface area contributed by atoms with Crippen molar-refractivity contribution in [1.82, 2.24) is 14.9 Å². The van der Waals surface area contributed by atoms with Gasteiger partial charge in [0.1, 0.15) is 11.6 Å². The highest BCUT2D eigenvalue weighted by molar-refractivity contribution is 7.80. The third-order valence-corrected chi connectivity index (χ3v) is 7.69. The number of carbonyl (C=O) groups is 1. The second-order valence-corrected chi connectivity index (χ2v) is 11.6. The number of rotatable bonds is 6. The van der Waals surface area contributed by atoms with E-state index in [9.17, 15) is 9.18 Å². The van der Waals surface area contributed by atoms with Crippen LogP contribution in [0.15, 0.2) is 72.9 Å². The van der Waals surface area contributed by atoms with Gasteiger partial charge < -0.3 is 24.8 Å². The molecule has 212 valence electrons. The SMILES string of the molecule is COc1cc(N2C(=S)N[C@H](c3ccccn3)[C@@H]2c2cc(C)n(-c3ccccc3F)c2C)ccc1NC(=O)C(C)(C)C. The average molecular weight is 572 g/mol. The lowest BCUT2D eigenvalue weighted by molar-refractivity contribution is -0.123. The first kappa shape index (κ1) is 28.3. The van der Waals surface area contributed by atoms with Crippen LogP contribution >= 0.6 is 12.2 Å². The molecule has 1 fully saturated rings. The normalized spacial score (nSPS) is 17.0. The molecule has 0 unspecified atom stereocenters. The van der Waals surface area contributed by atoms with E-state index in [0.717, 1.165) is 28.3 Å². The van der Waals surface area contributed by atoms with Crippen LogP contribution in [0.3, 0.4) is 0 Å². The number of carbonyl (C=O) groups excluding carboxylic acids is 1. The van der Waals surface area contributed by atoms with Crippen LogP contribution in [0.2, 0.25) is 0 Å². The summed E-state index contributed by atoms with van der Waals surface area (Å²) in [5.41, 5.74) is 4.90. The van der Waals surface area contributed by atoms with E-state index in [-0.39, 0.29) is 23.8 Å². The van der Waals surface area contributed by atoms with E-state index < -0.39 is 5.41 Å². The topological polar surface area (TPSA) is 71.4 Å². The van der Waals surface area contributed by atoms with Gasteiger partial charge in [-0.25, -0.2) is 4.39 Å². The maximum Gasteiger partial charge on any atom is 0.229 e. The summed E-state index contributed by atoms with van der Waals surface area (Å²) in [6.45, 7) is 9.54. The minimum atomic E-state index is -0.564. The predicted molar refractivity (Wildman–Crippen MR) is 164 cm³/mol. The van der Waals surface area contributed by atoms with Gasteiger partial charge in [0, 0.05) is 34.8 Å². The van der Waals surface area contributed by atoms with E-state index in [4.69, 9.17) is 17.0 Å². The number of anilines is 2. The molecule has 2 aromatic heterocycles. The summed E-state index contributed by atoms with van der Waals surface area (Å²) in [4.78, 5) is 19.4. The van der Waals surface area contributed by atoms with Crippen LogP contribution in [0, 0.1) is 25.1 Å². The Morgan fingerprint density at radius 2 is 1.80 bits per heavy atom. The smallest absolute Gasteiger partial charge is 0.229 e. The molecule has 0 radical (unpaired) electrons. The zero-order valence-electron chi connectivity index (χ0n) is 24.0. The van der Waals surface area contributed by atoms with Crippen molar-refractivity contribution >= 4 is 34.6 Å². The van der Waals surface area contributed by atoms with E-state index in [1.165, 1.54) is 6.07 Å². The number of amides is 1. The van der Waals surface area contributed by atoms with Crippen LogP contribution in [0.1, 0.15) is 55.5 Å². The molecular weight excluding hydrogens is 537 g/mol. The highest BCUT2D eigenvalue weighted by Gasteiger charge is 2.42. The molecule has 3 heterocycles. The van der Waals surface area contributed by atoms with Crippen molar-refractivity contribution < 1.29 is 13.9 Å². The molecule has 2 atom stereocenters. The second kappa shape index (κ2) is 11.0. The van der Waals surface area contributed by atoms with E-state index in [0.29, 0.717) is 22.2 Å². The zero-order valence-corrected chi connectivity index (χ0v) is 24.8. The van der Waals surface area contributed by atoms with E-state index in [2.05, 4.69) is 21.7 Å². The number of para-hydroxylation sites is 1. The van der Waals surface area contributed by atoms with Crippen molar-refractivity contribution in [2.45, 2.75) is 46.7 Å². The summed E-state index contributed by atoms with van der Waals surface area (Å²) in [6, 6.07) is 19.7. The Morgan fingerprint density at radius 1 is 1.07 bits per heavy atom. The molecule has 41 heavy (non-hydrogen) atoms. The van der Waals surface area contributed by atoms with Crippen LogP contribution < -0.4 is 20.3 Å². The maximum atomic E-state index is 14.9. The van der Waals surface area contributed by atoms with Gasteiger partial charge in [0.15, 0.2) is 5.11 Å². The number of hydrogen-bond donors (Lipinski definition) is 2. The average Bonchev–Trinajstić information content (AvgIpc) is 3.44. The second-order valence-electron chi connectivity index (χ2n) is 11.2. The Hall–Kier alpha value is -4.24. The molecule has 1 aliphatic heterocycles. The third kappa shape index (κ3) is 5.29. The van der Waals surface area contributed by atoms with E-state index in [1.807, 2.05) is 86.6 Å². The first-order valence-electron chi connectivity index (χ1n) is 13.4. The fourth-order valence-electron chi connectivity index (χ4n) is 5.28. The number of thiocarbonyl (C=S) groups is 1. The summed E-state index contributed by atoms with van der Waals surface area (Å²) < 4.78 is 22.6. The van der Waals surface area contributed by atoms with Gasteiger partial charge in [0.25, 0.3) is 0 Å². The minimum absolute atomic E-state index is 0.115. The molecule has 0 saturated carbocycles. The Bertz CT molecular complexity index is 1610. The largest absolute Gasteiger partial charge is 0.494 e. The van der Waals surface area contributed by atoms with Gasteiger partial charge in [-0.3, -0.25) is 9.78 Å². The number of methoxy groups -OCH3 is 1. The first-order valence-corrected chi connectivity index (χ1v) is 13.9. The molecule has 2 aromatic carbocycles. The van der Waals surface area contributed by atoms with Gasteiger partial charge in [-0.15, -0.1) is 0 Å². The highest BCUT2D eigenvalue weighted by Crippen LogP contribution is 2.45. The molecule has 9 heteroatoms. The molecule has 4 aromatic rings. The summed E-state index contributed by atoms with van der Waals surface area (Å²) in [5, 5.41) is 6.97. The van der Waals surface area contributed by atoms with Crippen molar-refractivity contribution in [3.8, 4) is 11.4 Å². The molecular formula is C32H34FN5O2S. The number of aromatic nitrogens is 2. The summed E-state index contributed by atoms with van der Waals surface area (Å²) >= 11 is 5.91. The van der Waals surface area contributed by atoms with Crippen molar-refractivity contribution in [1.29, 1.82) is 0 Å². The number of benzene rings is 2. The number of nitrogens with one attached hydrogen (secondary N) is 2. The standard InChI is InChI=1S/C32H34FN5O2S/c1-19-17-22(20(2)37(19)26-13-8-7-11-23(26)33)29-28(25-12-9-10-16-34-25)36-31(41)38(29)21-14-15-24(27(18-21)40-6)35-30(39)32(3,4)5/h7-18,28-29H,1-6H3,(H,35,39)(H,36,41)/t28-,29+/m1/s1. The van der Waals surface area contributed by atoms with Crippen molar-refractivity contribution in [3.05, 3.63) is 101 Å². The maximum absolute atomic E-state index is 14.9. The van der Waals surface area contributed by atoms with Gasteiger partial charge in [0.2, 0.25) is 5.91 Å². The lowest BCUT2D eigenvalue weighted by Crippen LogP contribution is -2.30. The van der Waals surface area contributed by atoms with Crippen molar-refractivity contribution in [3.63, 3.8) is 0 Å². The Balaban J connectivity index is 1.64. The van der Waals surface area contributed by atoms with Crippen LogP contribution in [0.4, 0.5) is 15.8 Å². The molecule has 1 aliphatic rings. The predicted octanol–water partition coefficient (Wildman–Crippen LogP) is 6.80. The van der Waals surface area contributed by atoms with Crippen LogP contribution in [-0.4, -0.2) is 27.7 Å². The Labute approximate surface area is 245 Å².